The summed E-state index contributed by atoms with van der Waals surface area (Å²) in [5.74, 6) is -0.459. The lowest BCUT2D eigenvalue weighted by Gasteiger charge is -2.13. The van der Waals surface area contributed by atoms with Gasteiger partial charge < -0.3 is 19.9 Å². The summed E-state index contributed by atoms with van der Waals surface area (Å²) in [6, 6.07) is 13.7. The fourth-order valence-corrected chi connectivity index (χ4v) is 3.50. The third-order valence-corrected chi connectivity index (χ3v) is 5.12. The van der Waals surface area contributed by atoms with Gasteiger partial charge in [-0.2, -0.15) is 5.26 Å². The molecule has 0 heterocycles. The van der Waals surface area contributed by atoms with E-state index < -0.39 is 5.97 Å². The fraction of sp³-hybridized carbons (Fsp3) is 0.292. The summed E-state index contributed by atoms with van der Waals surface area (Å²) in [6.45, 7) is 0.167. The van der Waals surface area contributed by atoms with Crippen LogP contribution in [0.2, 0.25) is 0 Å². The first kappa shape index (κ1) is 21.9. The number of aromatic carboxylic acids is 1. The summed E-state index contributed by atoms with van der Waals surface area (Å²) in [6.07, 6.45) is 5.60. The standard InChI is InChI=1S/C24H24N2O5/c1-30-22-13-16(11-19(14-25)23(27)26-20-7-2-3-8-20)9-10-21(22)31-15-17-5-4-6-18(12-17)24(28)29/h4-6,9-13,20H,2-3,7-8,15H2,1H3,(H,26,27)(H,28,29)/b19-11-. The van der Waals surface area contributed by atoms with E-state index in [0.717, 1.165) is 25.7 Å². The number of methoxy groups -OCH3 is 1. The zero-order chi connectivity index (χ0) is 22.2. The molecule has 160 valence electrons. The maximum atomic E-state index is 12.4. The van der Waals surface area contributed by atoms with E-state index in [1.807, 2.05) is 6.07 Å². The molecule has 0 aromatic heterocycles. The minimum Gasteiger partial charge on any atom is -0.493 e. The Morgan fingerprint density at radius 3 is 2.65 bits per heavy atom. The Labute approximate surface area is 180 Å². The van der Waals surface area contributed by atoms with Gasteiger partial charge in [0.25, 0.3) is 5.91 Å². The van der Waals surface area contributed by atoms with Gasteiger partial charge in [0, 0.05) is 6.04 Å². The molecule has 2 aromatic carbocycles. The second-order valence-corrected chi connectivity index (χ2v) is 7.33. The first-order chi connectivity index (χ1) is 15.0. The first-order valence-electron chi connectivity index (χ1n) is 10.1. The van der Waals surface area contributed by atoms with E-state index in [0.29, 0.717) is 22.6 Å². The molecule has 31 heavy (non-hydrogen) atoms. The molecule has 0 radical (unpaired) electrons. The number of rotatable bonds is 8. The Balaban J connectivity index is 1.72. The molecule has 1 amide bonds. The Morgan fingerprint density at radius 2 is 1.97 bits per heavy atom. The van der Waals surface area contributed by atoms with Gasteiger partial charge in [-0.3, -0.25) is 4.79 Å². The smallest absolute Gasteiger partial charge is 0.335 e. The number of carbonyl (C=O) groups excluding carboxylic acids is 1. The maximum absolute atomic E-state index is 12.4. The van der Waals surface area contributed by atoms with Gasteiger partial charge in [0.15, 0.2) is 11.5 Å². The van der Waals surface area contributed by atoms with Gasteiger partial charge in [-0.1, -0.05) is 31.0 Å². The number of hydrogen-bond acceptors (Lipinski definition) is 5. The molecule has 0 aliphatic heterocycles. The van der Waals surface area contributed by atoms with Crippen LogP contribution in [-0.4, -0.2) is 30.1 Å². The van der Waals surface area contributed by atoms with Crippen LogP contribution < -0.4 is 14.8 Å². The lowest BCUT2D eigenvalue weighted by atomic mass is 10.1. The van der Waals surface area contributed by atoms with Crippen molar-refractivity contribution in [3.63, 3.8) is 0 Å². The average Bonchev–Trinajstić information content (AvgIpc) is 3.29. The lowest BCUT2D eigenvalue weighted by molar-refractivity contribution is -0.117. The number of ether oxygens (including phenoxy) is 2. The predicted molar refractivity (Wildman–Crippen MR) is 115 cm³/mol. The van der Waals surface area contributed by atoms with Crippen molar-refractivity contribution in [1.29, 1.82) is 5.26 Å². The molecule has 0 atom stereocenters. The van der Waals surface area contributed by atoms with Crippen LogP contribution in [0.3, 0.4) is 0 Å². The molecule has 0 unspecified atom stereocenters. The molecule has 2 N–H and O–H groups in total. The van der Waals surface area contributed by atoms with Crippen molar-refractivity contribution in [2.75, 3.05) is 7.11 Å². The first-order valence-corrected chi connectivity index (χ1v) is 10.1. The summed E-state index contributed by atoms with van der Waals surface area (Å²) in [7, 11) is 1.50. The van der Waals surface area contributed by atoms with Crippen LogP contribution in [0.4, 0.5) is 0 Å². The summed E-state index contributed by atoms with van der Waals surface area (Å²) in [5.41, 5.74) is 1.57. The largest absolute Gasteiger partial charge is 0.493 e. The molecule has 1 aliphatic carbocycles. The quantitative estimate of drug-likeness (QED) is 0.495. The van der Waals surface area contributed by atoms with E-state index >= 15 is 0 Å². The van der Waals surface area contributed by atoms with Crippen LogP contribution in [0.5, 0.6) is 11.5 Å². The molecule has 7 heteroatoms. The van der Waals surface area contributed by atoms with Gasteiger partial charge in [0.05, 0.1) is 12.7 Å². The van der Waals surface area contributed by atoms with Gasteiger partial charge in [-0.05, 0) is 54.3 Å². The van der Waals surface area contributed by atoms with Crippen LogP contribution in [0.25, 0.3) is 6.08 Å². The van der Waals surface area contributed by atoms with Crippen LogP contribution in [0.15, 0.2) is 48.0 Å². The highest BCUT2D eigenvalue weighted by molar-refractivity contribution is 6.01. The van der Waals surface area contributed by atoms with Crippen LogP contribution in [0, 0.1) is 11.3 Å². The fourth-order valence-electron chi connectivity index (χ4n) is 3.50. The normalized spacial score (nSPS) is 14.0. The van der Waals surface area contributed by atoms with Crippen molar-refractivity contribution in [2.24, 2.45) is 0 Å². The van der Waals surface area contributed by atoms with Gasteiger partial charge >= 0.3 is 5.97 Å². The Morgan fingerprint density at radius 1 is 1.19 bits per heavy atom. The highest BCUT2D eigenvalue weighted by Crippen LogP contribution is 2.30. The van der Waals surface area contributed by atoms with Gasteiger partial charge in [-0.15, -0.1) is 0 Å². The zero-order valence-corrected chi connectivity index (χ0v) is 17.3. The number of nitrogens with one attached hydrogen (secondary N) is 1. The Kier molecular flexibility index (Phi) is 7.28. The van der Waals surface area contributed by atoms with Crippen LogP contribution in [-0.2, 0) is 11.4 Å². The van der Waals surface area contributed by atoms with E-state index in [2.05, 4.69) is 5.32 Å². The number of carbonyl (C=O) groups is 2. The second-order valence-electron chi connectivity index (χ2n) is 7.33. The molecule has 1 fully saturated rings. The number of amides is 1. The van der Waals surface area contributed by atoms with Crippen molar-refractivity contribution in [1.82, 2.24) is 5.32 Å². The van der Waals surface area contributed by atoms with E-state index in [-0.39, 0.29) is 29.7 Å². The summed E-state index contributed by atoms with van der Waals surface area (Å²) in [5, 5.41) is 21.4. The molecule has 7 nitrogen and oxygen atoms in total. The van der Waals surface area contributed by atoms with Crippen molar-refractivity contribution in [3.05, 3.63) is 64.7 Å². The summed E-state index contributed by atoms with van der Waals surface area (Å²) >= 11 is 0. The molecule has 1 saturated carbocycles. The Bertz CT molecular complexity index is 1030. The Hall–Kier alpha value is -3.79. The van der Waals surface area contributed by atoms with Crippen molar-refractivity contribution in [2.45, 2.75) is 38.3 Å². The van der Waals surface area contributed by atoms with Crippen molar-refractivity contribution < 1.29 is 24.2 Å². The minimum absolute atomic E-state index is 0.0353. The van der Waals surface area contributed by atoms with Crippen LogP contribution >= 0.6 is 0 Å². The average molecular weight is 420 g/mol. The maximum Gasteiger partial charge on any atom is 0.335 e. The third-order valence-electron chi connectivity index (χ3n) is 5.12. The van der Waals surface area contributed by atoms with Crippen LogP contribution in [0.1, 0.15) is 47.2 Å². The molecular weight excluding hydrogens is 396 g/mol. The summed E-state index contributed by atoms with van der Waals surface area (Å²) < 4.78 is 11.2. The lowest BCUT2D eigenvalue weighted by Crippen LogP contribution is -2.33. The van der Waals surface area contributed by atoms with E-state index in [9.17, 15) is 14.9 Å². The number of carboxylic acid groups (broad SMARTS) is 1. The highest BCUT2D eigenvalue weighted by Gasteiger charge is 2.19. The SMILES string of the molecule is COc1cc(/C=C(/C#N)C(=O)NC2CCCC2)ccc1OCc1cccc(C(=O)O)c1. The van der Waals surface area contributed by atoms with Gasteiger partial charge in [-0.25, -0.2) is 4.79 Å². The van der Waals surface area contributed by atoms with Crippen molar-refractivity contribution >= 4 is 18.0 Å². The minimum atomic E-state index is -0.999. The second kappa shape index (κ2) is 10.3. The number of benzene rings is 2. The van der Waals surface area contributed by atoms with Gasteiger partial charge in [0.1, 0.15) is 18.2 Å². The summed E-state index contributed by atoms with van der Waals surface area (Å²) in [4.78, 5) is 23.5. The zero-order valence-electron chi connectivity index (χ0n) is 17.3. The molecule has 0 spiro atoms. The molecular formula is C24H24N2O5. The van der Waals surface area contributed by atoms with E-state index in [1.165, 1.54) is 19.3 Å². The van der Waals surface area contributed by atoms with Gasteiger partial charge in [0.2, 0.25) is 0 Å². The predicted octanol–water partition coefficient (Wildman–Crippen LogP) is 3.94. The monoisotopic (exact) mass is 420 g/mol. The number of nitriles is 1. The topological polar surface area (TPSA) is 109 Å². The highest BCUT2D eigenvalue weighted by atomic mass is 16.5. The molecule has 0 bridgehead atoms. The van der Waals surface area contributed by atoms with E-state index in [4.69, 9.17) is 14.6 Å². The number of hydrogen-bond donors (Lipinski definition) is 2. The van der Waals surface area contributed by atoms with Crippen molar-refractivity contribution in [3.8, 4) is 17.6 Å². The molecule has 3 rings (SSSR count). The third kappa shape index (κ3) is 5.86. The number of carboxylic acids is 1. The molecule has 1 aliphatic rings. The molecule has 0 saturated heterocycles. The number of nitrogens with zero attached hydrogens (tertiary/aromatic N) is 1. The van der Waals surface area contributed by atoms with E-state index in [1.54, 1.807) is 36.4 Å². The molecule has 2 aromatic rings.